The normalized spacial score (nSPS) is 11.0. The molecule has 9 aromatic rings. The fraction of sp³-hybridized carbons (Fsp3) is 0. The fourth-order valence-corrected chi connectivity index (χ4v) is 6.89. The first-order valence-electron chi connectivity index (χ1n) is 18.1. The van der Waals surface area contributed by atoms with Gasteiger partial charge in [0.05, 0.1) is 5.71 Å². The fourth-order valence-electron chi connectivity index (χ4n) is 6.89. The minimum atomic E-state index is 0.446. The Morgan fingerprint density at radius 3 is 1.55 bits per heavy atom. The number of hydrogen-bond donors (Lipinski definition) is 2. The highest BCUT2D eigenvalue weighted by Crippen LogP contribution is 2.34. The van der Waals surface area contributed by atoms with Crippen LogP contribution < -0.4 is 5.32 Å². The Morgan fingerprint density at radius 2 is 0.909 bits per heavy atom. The zero-order valence-electron chi connectivity index (χ0n) is 29.8. The van der Waals surface area contributed by atoms with Gasteiger partial charge in [0, 0.05) is 51.6 Å². The maximum atomic E-state index is 9.57. The summed E-state index contributed by atoms with van der Waals surface area (Å²) in [5.41, 5.74) is 10.9. The van der Waals surface area contributed by atoms with E-state index >= 15 is 0 Å². The van der Waals surface area contributed by atoms with Crippen LogP contribution in [0.2, 0.25) is 0 Å². The molecular weight excluding hydrogens is 673 g/mol. The first-order valence-corrected chi connectivity index (χ1v) is 18.1. The molecule has 0 spiro atoms. The highest BCUT2D eigenvalue weighted by Gasteiger charge is 2.17. The van der Waals surface area contributed by atoms with Gasteiger partial charge in [0.15, 0.2) is 17.5 Å². The van der Waals surface area contributed by atoms with E-state index in [0.717, 1.165) is 72.2 Å². The second kappa shape index (κ2) is 14.8. The monoisotopic (exact) mass is 706 g/mol. The van der Waals surface area contributed by atoms with Gasteiger partial charge in [0.25, 0.3) is 0 Å². The predicted octanol–water partition coefficient (Wildman–Crippen LogP) is 11.9. The molecule has 0 atom stereocenters. The molecule has 9 rings (SSSR count). The lowest BCUT2D eigenvalue weighted by Gasteiger charge is -2.17. The lowest BCUT2D eigenvalue weighted by molar-refractivity contribution is 1.07. The summed E-state index contributed by atoms with van der Waals surface area (Å²) in [6, 6.07) is 61.4. The largest absolute Gasteiger partial charge is 0.355 e. The molecule has 0 unspecified atom stereocenters. The van der Waals surface area contributed by atoms with E-state index in [-0.39, 0.29) is 0 Å². The summed E-state index contributed by atoms with van der Waals surface area (Å²) >= 11 is 0. The van der Waals surface area contributed by atoms with Gasteiger partial charge in [-0.1, -0.05) is 146 Å². The van der Waals surface area contributed by atoms with Crippen molar-refractivity contribution in [3.05, 3.63) is 206 Å². The Hall–Kier alpha value is -7.57. The number of pyridine rings is 1. The standard InChI is InChI=1S/C49H34N6/c50-46(45-43-23-8-7-12-33(43)24-25-44(45)52-42-26-28-51-29-27-42)40-21-10-19-38(31-40)36-17-9-18-37(30-36)39-20-11-22-41(32-39)49-54-47(34-13-3-1-4-14-34)53-48(55-49)35-15-5-2-6-16-35/h1-32,50H,(H,51,52). The van der Waals surface area contributed by atoms with Crippen LogP contribution in [0.3, 0.4) is 0 Å². The van der Waals surface area contributed by atoms with Gasteiger partial charge in [-0.05, 0) is 69.4 Å². The molecule has 2 aromatic heterocycles. The summed E-state index contributed by atoms with van der Waals surface area (Å²) in [6.07, 6.45) is 3.53. The zero-order valence-corrected chi connectivity index (χ0v) is 29.8. The maximum absolute atomic E-state index is 9.57. The molecule has 55 heavy (non-hydrogen) atoms. The van der Waals surface area contributed by atoms with Crippen LogP contribution >= 0.6 is 0 Å². The summed E-state index contributed by atoms with van der Waals surface area (Å²) in [7, 11) is 0. The van der Waals surface area contributed by atoms with E-state index in [1.807, 2.05) is 103 Å². The number of nitrogens with zero attached hydrogens (tertiary/aromatic N) is 4. The zero-order chi connectivity index (χ0) is 37.0. The Kier molecular flexibility index (Phi) is 8.96. The highest BCUT2D eigenvalue weighted by molar-refractivity contribution is 6.21. The van der Waals surface area contributed by atoms with Crippen molar-refractivity contribution in [3.8, 4) is 56.4 Å². The van der Waals surface area contributed by atoms with E-state index in [0.29, 0.717) is 23.2 Å². The van der Waals surface area contributed by atoms with Crippen molar-refractivity contribution in [2.24, 2.45) is 0 Å². The van der Waals surface area contributed by atoms with Gasteiger partial charge in [-0.15, -0.1) is 0 Å². The number of hydrogen-bond acceptors (Lipinski definition) is 6. The van der Waals surface area contributed by atoms with Crippen molar-refractivity contribution in [2.45, 2.75) is 0 Å². The van der Waals surface area contributed by atoms with Crippen molar-refractivity contribution in [1.82, 2.24) is 19.9 Å². The Labute approximate surface area is 319 Å². The van der Waals surface area contributed by atoms with Gasteiger partial charge in [-0.3, -0.25) is 10.4 Å². The number of fused-ring (bicyclic) bond motifs is 1. The highest BCUT2D eigenvalue weighted by atomic mass is 15.0. The molecular formula is C49H34N6. The van der Waals surface area contributed by atoms with Gasteiger partial charge in [0.1, 0.15) is 0 Å². The Bertz CT molecular complexity index is 2740. The van der Waals surface area contributed by atoms with Crippen LogP contribution in [0.4, 0.5) is 11.4 Å². The first-order chi connectivity index (χ1) is 27.2. The second-order valence-electron chi connectivity index (χ2n) is 13.2. The lowest BCUT2D eigenvalue weighted by atomic mass is 9.92. The van der Waals surface area contributed by atoms with Crippen LogP contribution in [-0.2, 0) is 0 Å². The van der Waals surface area contributed by atoms with E-state index in [9.17, 15) is 5.41 Å². The second-order valence-corrected chi connectivity index (χ2v) is 13.2. The number of anilines is 2. The third-order valence-corrected chi connectivity index (χ3v) is 9.64. The molecule has 0 fully saturated rings. The molecule has 6 heteroatoms. The molecule has 2 heterocycles. The van der Waals surface area contributed by atoms with Crippen molar-refractivity contribution < 1.29 is 0 Å². The van der Waals surface area contributed by atoms with Crippen LogP contribution in [0.5, 0.6) is 0 Å². The maximum Gasteiger partial charge on any atom is 0.164 e. The molecule has 0 saturated carbocycles. The molecule has 2 N–H and O–H groups in total. The van der Waals surface area contributed by atoms with Gasteiger partial charge in [-0.25, -0.2) is 15.0 Å². The van der Waals surface area contributed by atoms with Gasteiger partial charge in [-0.2, -0.15) is 0 Å². The first kappa shape index (κ1) is 33.3. The number of aromatic nitrogens is 4. The average Bonchev–Trinajstić information content (AvgIpc) is 3.27. The van der Waals surface area contributed by atoms with Gasteiger partial charge < -0.3 is 5.32 Å². The third kappa shape index (κ3) is 7.00. The Morgan fingerprint density at radius 1 is 0.418 bits per heavy atom. The summed E-state index contributed by atoms with van der Waals surface area (Å²) in [5.74, 6) is 1.88. The van der Waals surface area contributed by atoms with Crippen LogP contribution in [-0.4, -0.2) is 25.6 Å². The third-order valence-electron chi connectivity index (χ3n) is 9.64. The van der Waals surface area contributed by atoms with Crippen molar-refractivity contribution in [1.29, 1.82) is 5.41 Å². The Balaban J connectivity index is 1.06. The smallest absolute Gasteiger partial charge is 0.164 e. The average molecular weight is 707 g/mol. The number of benzene rings is 7. The lowest BCUT2D eigenvalue weighted by Crippen LogP contribution is -2.07. The summed E-state index contributed by atoms with van der Waals surface area (Å²) in [4.78, 5) is 18.9. The van der Waals surface area contributed by atoms with Gasteiger partial charge >= 0.3 is 0 Å². The van der Waals surface area contributed by atoms with E-state index < -0.39 is 0 Å². The topological polar surface area (TPSA) is 87.4 Å². The van der Waals surface area contributed by atoms with Crippen molar-refractivity contribution in [3.63, 3.8) is 0 Å². The summed E-state index contributed by atoms with van der Waals surface area (Å²) in [5, 5.41) is 15.2. The van der Waals surface area contributed by atoms with E-state index in [2.05, 4.69) is 89.2 Å². The molecule has 0 bridgehead atoms. The SMILES string of the molecule is N=C(c1cccc(-c2cccc(-c3cccc(-c4nc(-c5ccccc5)nc(-c5ccccc5)n4)c3)c2)c1)c1c(Nc2ccncc2)ccc2ccccc12. The van der Waals surface area contributed by atoms with Crippen LogP contribution in [0.1, 0.15) is 11.1 Å². The molecule has 0 saturated heterocycles. The van der Waals surface area contributed by atoms with E-state index in [4.69, 9.17) is 15.0 Å². The summed E-state index contributed by atoms with van der Waals surface area (Å²) < 4.78 is 0. The quantitative estimate of drug-likeness (QED) is 0.146. The van der Waals surface area contributed by atoms with Gasteiger partial charge in [0.2, 0.25) is 0 Å². The molecule has 6 nitrogen and oxygen atoms in total. The van der Waals surface area contributed by atoms with Crippen LogP contribution in [0, 0.1) is 5.41 Å². The number of nitrogens with one attached hydrogen (secondary N) is 2. The molecule has 0 aliphatic rings. The molecule has 0 aliphatic carbocycles. The number of rotatable bonds is 9. The molecule has 260 valence electrons. The predicted molar refractivity (Wildman–Crippen MR) is 224 cm³/mol. The van der Waals surface area contributed by atoms with E-state index in [1.165, 1.54) is 0 Å². The summed E-state index contributed by atoms with van der Waals surface area (Å²) in [6.45, 7) is 0. The minimum Gasteiger partial charge on any atom is -0.355 e. The minimum absolute atomic E-state index is 0.446. The molecule has 0 radical (unpaired) electrons. The molecule has 7 aromatic carbocycles. The van der Waals surface area contributed by atoms with Crippen molar-refractivity contribution >= 4 is 27.9 Å². The van der Waals surface area contributed by atoms with Crippen LogP contribution in [0.15, 0.2) is 194 Å². The van der Waals surface area contributed by atoms with E-state index in [1.54, 1.807) is 12.4 Å². The van der Waals surface area contributed by atoms with Crippen LogP contribution in [0.25, 0.3) is 67.2 Å². The van der Waals surface area contributed by atoms with Crippen molar-refractivity contribution in [2.75, 3.05) is 5.32 Å². The molecule has 0 aliphatic heterocycles. The molecule has 0 amide bonds.